The van der Waals surface area contributed by atoms with Crippen LogP contribution in [-0.4, -0.2) is 15.0 Å². The van der Waals surface area contributed by atoms with Gasteiger partial charge in [0.15, 0.2) is 5.82 Å². The third-order valence-electron chi connectivity index (χ3n) is 8.95. The van der Waals surface area contributed by atoms with Crippen LogP contribution in [0.15, 0.2) is 146 Å². The molecule has 0 saturated heterocycles. The molecular formula is C43H29N3S. The first-order valence-corrected chi connectivity index (χ1v) is 16.8. The van der Waals surface area contributed by atoms with Gasteiger partial charge >= 0.3 is 0 Å². The van der Waals surface area contributed by atoms with Gasteiger partial charge < -0.3 is 0 Å². The fourth-order valence-corrected chi connectivity index (χ4v) is 7.79. The quantitative estimate of drug-likeness (QED) is 0.192. The average Bonchev–Trinajstić information content (AvgIpc) is 3.52. The van der Waals surface area contributed by atoms with E-state index in [4.69, 9.17) is 15.0 Å². The third kappa shape index (κ3) is 5.04. The van der Waals surface area contributed by atoms with E-state index in [1.54, 1.807) is 11.3 Å². The van der Waals surface area contributed by atoms with Gasteiger partial charge in [0.2, 0.25) is 0 Å². The van der Waals surface area contributed by atoms with Crippen LogP contribution in [0.2, 0.25) is 0 Å². The summed E-state index contributed by atoms with van der Waals surface area (Å²) in [6, 6.07) is 49.1. The van der Waals surface area contributed by atoms with E-state index in [1.165, 1.54) is 43.4 Å². The summed E-state index contributed by atoms with van der Waals surface area (Å²) in [5.41, 5.74) is 12.2. The van der Waals surface area contributed by atoms with Gasteiger partial charge in [-0.3, -0.25) is 0 Å². The lowest BCUT2D eigenvalue weighted by molar-refractivity contribution is 0.941. The third-order valence-corrected chi connectivity index (χ3v) is 10.0. The molecule has 3 heterocycles. The Balaban J connectivity index is 1.19. The predicted molar refractivity (Wildman–Crippen MR) is 197 cm³/mol. The van der Waals surface area contributed by atoms with Crippen molar-refractivity contribution in [2.45, 2.75) is 12.8 Å². The largest absolute Gasteiger partial charge is 0.241 e. The van der Waals surface area contributed by atoms with E-state index >= 15 is 0 Å². The second-order valence-corrected chi connectivity index (χ2v) is 13.0. The van der Waals surface area contributed by atoms with Gasteiger partial charge in [-0.1, -0.05) is 127 Å². The number of hydrogen-bond donors (Lipinski definition) is 0. The molecule has 47 heavy (non-hydrogen) atoms. The molecule has 0 spiro atoms. The smallest absolute Gasteiger partial charge is 0.160 e. The Labute approximate surface area is 277 Å². The first-order chi connectivity index (χ1) is 23.3. The van der Waals surface area contributed by atoms with Crippen LogP contribution in [0.25, 0.3) is 82.5 Å². The van der Waals surface area contributed by atoms with Gasteiger partial charge in [0.25, 0.3) is 0 Å². The van der Waals surface area contributed by atoms with Gasteiger partial charge in [-0.05, 0) is 53.8 Å². The summed E-state index contributed by atoms with van der Waals surface area (Å²) >= 11 is 1.80. The monoisotopic (exact) mass is 619 g/mol. The molecule has 1 aliphatic rings. The summed E-state index contributed by atoms with van der Waals surface area (Å²) in [7, 11) is 0. The lowest BCUT2D eigenvalue weighted by atomic mass is 9.89. The summed E-state index contributed by atoms with van der Waals surface area (Å²) < 4.78 is 1.28. The second kappa shape index (κ2) is 11.6. The standard InChI is InChI=1S/C43H29N3S/c1-3-13-28(14-4-1)37-27-38(45-42(44-37)29-15-5-2-6-16-29)32-19-11-17-30(25-32)31-18-12-20-33(26-31)40-34-21-7-9-23-36(34)46-43-41(40)35-22-8-10-24-39(35)47-43/h1-8,10-22,24-27H,9,23H2. The molecule has 0 radical (unpaired) electrons. The summed E-state index contributed by atoms with van der Waals surface area (Å²) in [5.74, 6) is 0.719. The molecule has 222 valence electrons. The molecular weight excluding hydrogens is 591 g/mol. The molecule has 3 aromatic heterocycles. The van der Waals surface area contributed by atoms with Crippen LogP contribution in [0.3, 0.4) is 0 Å². The number of rotatable bonds is 5. The highest BCUT2D eigenvalue weighted by Gasteiger charge is 2.21. The van der Waals surface area contributed by atoms with Gasteiger partial charge in [-0.15, -0.1) is 11.3 Å². The number of allylic oxidation sites excluding steroid dienone is 1. The molecule has 8 aromatic rings. The molecule has 0 bridgehead atoms. The van der Waals surface area contributed by atoms with Crippen molar-refractivity contribution in [2.75, 3.05) is 0 Å². The van der Waals surface area contributed by atoms with E-state index < -0.39 is 0 Å². The van der Waals surface area contributed by atoms with E-state index in [2.05, 4.69) is 127 Å². The average molecular weight is 620 g/mol. The first kappa shape index (κ1) is 27.6. The van der Waals surface area contributed by atoms with E-state index in [0.29, 0.717) is 0 Å². The normalized spacial score (nSPS) is 12.4. The maximum atomic E-state index is 5.18. The van der Waals surface area contributed by atoms with E-state index in [1.807, 2.05) is 24.3 Å². The summed E-state index contributed by atoms with van der Waals surface area (Å²) in [4.78, 5) is 16.4. The minimum atomic E-state index is 0.719. The molecule has 0 aliphatic heterocycles. The Morgan fingerprint density at radius 1 is 0.511 bits per heavy atom. The molecule has 1 aliphatic carbocycles. The molecule has 4 heteroatoms. The van der Waals surface area contributed by atoms with E-state index in [0.717, 1.165) is 57.1 Å². The lowest BCUT2D eigenvalue weighted by Crippen LogP contribution is -2.01. The zero-order chi connectivity index (χ0) is 31.2. The van der Waals surface area contributed by atoms with E-state index in [-0.39, 0.29) is 0 Å². The van der Waals surface area contributed by atoms with Gasteiger partial charge in [-0.2, -0.15) is 0 Å². The van der Waals surface area contributed by atoms with Crippen molar-refractivity contribution in [2.24, 2.45) is 0 Å². The molecule has 3 nitrogen and oxygen atoms in total. The van der Waals surface area contributed by atoms with Crippen LogP contribution in [0.1, 0.15) is 17.7 Å². The highest BCUT2D eigenvalue weighted by molar-refractivity contribution is 7.25. The minimum absolute atomic E-state index is 0.719. The Morgan fingerprint density at radius 2 is 1.13 bits per heavy atom. The Hall–Kier alpha value is -5.71. The van der Waals surface area contributed by atoms with Crippen LogP contribution >= 0.6 is 11.3 Å². The number of hydrogen-bond acceptors (Lipinski definition) is 4. The Kier molecular flexibility index (Phi) is 6.80. The number of nitrogens with zero attached hydrogens (tertiary/aromatic N) is 3. The first-order valence-electron chi connectivity index (χ1n) is 16.0. The summed E-state index contributed by atoms with van der Waals surface area (Å²) in [6.07, 6.45) is 6.57. The van der Waals surface area contributed by atoms with E-state index in [9.17, 15) is 0 Å². The zero-order valence-corrected chi connectivity index (χ0v) is 26.4. The zero-order valence-electron chi connectivity index (χ0n) is 25.6. The van der Waals surface area contributed by atoms with Crippen molar-refractivity contribution in [3.8, 4) is 56.2 Å². The fourth-order valence-electron chi connectivity index (χ4n) is 6.69. The van der Waals surface area contributed by atoms with Crippen LogP contribution in [0, 0.1) is 0 Å². The van der Waals surface area contributed by atoms with Gasteiger partial charge in [0.1, 0.15) is 4.83 Å². The van der Waals surface area contributed by atoms with Crippen molar-refractivity contribution < 1.29 is 0 Å². The number of thiophene rings is 1. The van der Waals surface area contributed by atoms with Crippen LogP contribution in [0.5, 0.6) is 0 Å². The molecule has 0 unspecified atom stereocenters. The SMILES string of the molecule is C1=Cc2c(nc3sc4ccccc4c3c2-c2cccc(-c3cccc(-c4cc(-c5ccccc5)nc(-c5ccccc5)n4)c3)c2)CC1. The highest BCUT2D eigenvalue weighted by atomic mass is 32.1. The van der Waals surface area contributed by atoms with Crippen molar-refractivity contribution in [3.63, 3.8) is 0 Å². The van der Waals surface area contributed by atoms with Crippen LogP contribution in [-0.2, 0) is 6.42 Å². The fraction of sp³-hybridized carbons (Fsp3) is 0.0465. The summed E-state index contributed by atoms with van der Waals surface area (Å²) in [6.45, 7) is 0. The van der Waals surface area contributed by atoms with Gasteiger partial charge in [0, 0.05) is 43.3 Å². The predicted octanol–water partition coefficient (Wildman–Crippen LogP) is 11.5. The topological polar surface area (TPSA) is 38.7 Å². The highest BCUT2D eigenvalue weighted by Crippen LogP contribution is 2.44. The maximum absolute atomic E-state index is 5.18. The van der Waals surface area contributed by atoms with Crippen LogP contribution < -0.4 is 0 Å². The molecule has 0 amide bonds. The number of aromatic nitrogens is 3. The van der Waals surface area contributed by atoms with Crippen LogP contribution in [0.4, 0.5) is 0 Å². The lowest BCUT2D eigenvalue weighted by Gasteiger charge is -2.17. The number of aryl methyl sites for hydroxylation is 1. The number of pyridine rings is 1. The molecule has 0 N–H and O–H groups in total. The number of fused-ring (bicyclic) bond motifs is 4. The van der Waals surface area contributed by atoms with Gasteiger partial charge in [0.05, 0.1) is 17.1 Å². The molecule has 0 saturated carbocycles. The molecule has 9 rings (SSSR count). The Bertz CT molecular complexity index is 2400. The van der Waals surface area contributed by atoms with Crippen molar-refractivity contribution in [1.82, 2.24) is 15.0 Å². The number of benzene rings is 5. The molecule has 5 aromatic carbocycles. The van der Waals surface area contributed by atoms with Crippen molar-refractivity contribution in [1.29, 1.82) is 0 Å². The summed E-state index contributed by atoms with van der Waals surface area (Å²) in [5, 5.41) is 2.53. The van der Waals surface area contributed by atoms with Crippen molar-refractivity contribution in [3.05, 3.63) is 157 Å². The van der Waals surface area contributed by atoms with Crippen molar-refractivity contribution >= 4 is 37.7 Å². The second-order valence-electron chi connectivity index (χ2n) is 11.9. The Morgan fingerprint density at radius 3 is 1.91 bits per heavy atom. The minimum Gasteiger partial charge on any atom is -0.241 e. The maximum Gasteiger partial charge on any atom is 0.160 e. The molecule has 0 atom stereocenters. The van der Waals surface area contributed by atoms with Gasteiger partial charge in [-0.25, -0.2) is 15.0 Å². The molecule has 0 fully saturated rings.